The van der Waals surface area contributed by atoms with Gasteiger partial charge in [-0.25, -0.2) is 8.42 Å². The molecule has 5 nitrogen and oxygen atoms in total. The van der Waals surface area contributed by atoms with Crippen LogP contribution >= 0.6 is 0 Å². The number of phenols is 1. The minimum Gasteiger partial charge on any atom is -0.507 e. The van der Waals surface area contributed by atoms with E-state index >= 15 is 0 Å². The average Bonchev–Trinajstić information content (AvgIpc) is 3.04. The van der Waals surface area contributed by atoms with Crippen LogP contribution in [0.2, 0.25) is 0 Å². The number of hydrogen-bond donors (Lipinski definition) is 2. The Hall–Kier alpha value is -2.26. The third-order valence-corrected chi connectivity index (χ3v) is 6.05. The van der Waals surface area contributed by atoms with E-state index in [0.717, 1.165) is 17.7 Å². The Morgan fingerprint density at radius 1 is 1.03 bits per heavy atom. The number of sulfonamides is 1. The summed E-state index contributed by atoms with van der Waals surface area (Å²) in [5.41, 5.74) is 0.00435. The minimum absolute atomic E-state index is 0.0162. The Bertz CT molecular complexity index is 954. The SMILES string of the molecule is CN1CCCC1.Cc1ccc(S(=O)(=O)Nc2ccc(C(F)(F)F)c(O)c2)c(C)c1. The smallest absolute Gasteiger partial charge is 0.419 e. The van der Waals surface area contributed by atoms with Gasteiger partial charge in [0.2, 0.25) is 0 Å². The standard InChI is InChI=1S/C15H14F3NO3S.C5H11N/c1-9-3-6-14(10(2)7-9)23(21,22)19-11-4-5-12(13(20)8-11)15(16,17)18;1-6-4-2-3-5-6/h3-8,19-20H,1-2H3;2-5H2,1H3. The number of rotatable bonds is 3. The largest absolute Gasteiger partial charge is 0.507 e. The van der Waals surface area contributed by atoms with Crippen LogP contribution in [0, 0.1) is 13.8 Å². The molecule has 0 bridgehead atoms. The van der Waals surface area contributed by atoms with Gasteiger partial charge in [0.15, 0.2) is 0 Å². The molecule has 3 rings (SSSR count). The third-order valence-electron chi connectivity index (χ3n) is 4.50. The summed E-state index contributed by atoms with van der Waals surface area (Å²) >= 11 is 0. The maximum Gasteiger partial charge on any atom is 0.419 e. The molecule has 0 aliphatic carbocycles. The Morgan fingerprint density at radius 2 is 1.66 bits per heavy atom. The number of anilines is 1. The molecule has 2 aromatic rings. The normalized spacial score (nSPS) is 15.0. The van der Waals surface area contributed by atoms with E-state index in [1.807, 2.05) is 6.92 Å². The Labute approximate surface area is 169 Å². The van der Waals surface area contributed by atoms with Crippen LogP contribution in [-0.2, 0) is 16.2 Å². The first kappa shape index (κ1) is 23.0. The van der Waals surface area contributed by atoms with Crippen molar-refractivity contribution in [3.63, 3.8) is 0 Å². The van der Waals surface area contributed by atoms with Crippen molar-refractivity contribution < 1.29 is 26.7 Å². The van der Waals surface area contributed by atoms with Crippen LogP contribution in [0.5, 0.6) is 5.75 Å². The highest BCUT2D eigenvalue weighted by Crippen LogP contribution is 2.37. The zero-order chi connectivity index (χ0) is 21.8. The van der Waals surface area contributed by atoms with Crippen molar-refractivity contribution in [2.24, 2.45) is 0 Å². The number of likely N-dealkylation sites (tertiary alicyclic amines) is 1. The van der Waals surface area contributed by atoms with Gasteiger partial charge in [-0.15, -0.1) is 0 Å². The van der Waals surface area contributed by atoms with Crippen LogP contribution in [0.3, 0.4) is 0 Å². The van der Waals surface area contributed by atoms with Gasteiger partial charge in [0, 0.05) is 6.07 Å². The fourth-order valence-corrected chi connectivity index (χ4v) is 4.30. The molecule has 2 aromatic carbocycles. The molecule has 29 heavy (non-hydrogen) atoms. The van der Waals surface area contributed by atoms with Crippen molar-refractivity contribution in [3.8, 4) is 5.75 Å². The maximum absolute atomic E-state index is 12.6. The van der Waals surface area contributed by atoms with Crippen LogP contribution in [0.1, 0.15) is 29.5 Å². The van der Waals surface area contributed by atoms with Gasteiger partial charge in [-0.05, 0) is 70.6 Å². The zero-order valence-corrected chi connectivity index (χ0v) is 17.4. The van der Waals surface area contributed by atoms with Crippen LogP contribution < -0.4 is 4.72 Å². The molecule has 0 aromatic heterocycles. The Kier molecular flexibility index (Phi) is 7.18. The fraction of sp³-hybridized carbons (Fsp3) is 0.400. The second kappa shape index (κ2) is 9.04. The molecule has 1 saturated heterocycles. The van der Waals surface area contributed by atoms with Gasteiger partial charge in [0.25, 0.3) is 10.0 Å². The molecule has 0 atom stereocenters. The van der Waals surface area contributed by atoms with E-state index in [0.29, 0.717) is 11.6 Å². The van der Waals surface area contributed by atoms with E-state index in [9.17, 15) is 26.7 Å². The minimum atomic E-state index is -4.71. The molecule has 1 aliphatic heterocycles. The number of hydrogen-bond acceptors (Lipinski definition) is 4. The van der Waals surface area contributed by atoms with E-state index in [2.05, 4.69) is 16.7 Å². The molecule has 2 N–H and O–H groups in total. The first-order valence-electron chi connectivity index (χ1n) is 9.09. The summed E-state index contributed by atoms with van der Waals surface area (Å²) in [6, 6.07) is 7.00. The van der Waals surface area contributed by atoms with Gasteiger partial charge in [0.1, 0.15) is 5.75 Å². The lowest BCUT2D eigenvalue weighted by atomic mass is 10.2. The van der Waals surface area contributed by atoms with Gasteiger partial charge in [-0.1, -0.05) is 17.7 Å². The van der Waals surface area contributed by atoms with Crippen LogP contribution in [0.25, 0.3) is 0 Å². The van der Waals surface area contributed by atoms with Crippen molar-refractivity contribution in [2.45, 2.75) is 37.8 Å². The lowest BCUT2D eigenvalue weighted by molar-refractivity contribution is -0.138. The Morgan fingerprint density at radius 3 is 2.10 bits per heavy atom. The first-order valence-corrected chi connectivity index (χ1v) is 10.6. The number of aromatic hydroxyl groups is 1. The van der Waals surface area contributed by atoms with Gasteiger partial charge in [0.05, 0.1) is 16.1 Å². The molecule has 0 amide bonds. The highest BCUT2D eigenvalue weighted by Gasteiger charge is 2.34. The quantitative estimate of drug-likeness (QED) is 0.750. The average molecular weight is 430 g/mol. The molecule has 0 radical (unpaired) electrons. The van der Waals surface area contributed by atoms with Gasteiger partial charge >= 0.3 is 6.18 Å². The van der Waals surface area contributed by atoms with Crippen molar-refractivity contribution in [1.29, 1.82) is 0 Å². The van der Waals surface area contributed by atoms with E-state index in [1.54, 1.807) is 19.1 Å². The van der Waals surface area contributed by atoms with Crippen molar-refractivity contribution >= 4 is 15.7 Å². The monoisotopic (exact) mass is 430 g/mol. The second-order valence-electron chi connectivity index (χ2n) is 7.11. The second-order valence-corrected chi connectivity index (χ2v) is 8.77. The summed E-state index contributed by atoms with van der Waals surface area (Å²) < 4.78 is 64.5. The molecular weight excluding hydrogens is 405 g/mol. The molecule has 1 heterocycles. The summed E-state index contributed by atoms with van der Waals surface area (Å²) in [5.74, 6) is -1.04. The lowest BCUT2D eigenvalue weighted by Gasteiger charge is -2.13. The fourth-order valence-electron chi connectivity index (χ4n) is 3.02. The number of benzene rings is 2. The molecule has 0 spiro atoms. The Balaban J connectivity index is 0.000000426. The number of alkyl halides is 3. The number of aryl methyl sites for hydroxylation is 2. The predicted molar refractivity (Wildman–Crippen MR) is 107 cm³/mol. The zero-order valence-electron chi connectivity index (χ0n) is 16.5. The van der Waals surface area contributed by atoms with Crippen LogP contribution in [0.4, 0.5) is 18.9 Å². The highest BCUT2D eigenvalue weighted by molar-refractivity contribution is 7.92. The van der Waals surface area contributed by atoms with Gasteiger partial charge in [-0.3, -0.25) is 4.72 Å². The summed E-state index contributed by atoms with van der Waals surface area (Å²) in [6.45, 7) is 6.07. The number of phenolic OH excluding ortho intramolecular Hbond substituents is 1. The van der Waals surface area contributed by atoms with Crippen molar-refractivity contribution in [1.82, 2.24) is 4.90 Å². The predicted octanol–water partition coefficient (Wildman–Crippen LogP) is 4.54. The van der Waals surface area contributed by atoms with E-state index < -0.39 is 27.5 Å². The van der Waals surface area contributed by atoms with E-state index in [1.165, 1.54) is 32.0 Å². The van der Waals surface area contributed by atoms with Crippen LogP contribution in [-0.4, -0.2) is 38.6 Å². The topological polar surface area (TPSA) is 69.6 Å². The lowest BCUT2D eigenvalue weighted by Crippen LogP contribution is -2.14. The number of nitrogens with one attached hydrogen (secondary N) is 1. The maximum atomic E-state index is 12.6. The van der Waals surface area contributed by atoms with E-state index in [-0.39, 0.29) is 10.6 Å². The first-order chi connectivity index (χ1) is 13.4. The molecule has 160 valence electrons. The molecule has 0 unspecified atom stereocenters. The molecular formula is C20H25F3N2O3S. The molecule has 0 saturated carbocycles. The van der Waals surface area contributed by atoms with Gasteiger partial charge in [-0.2, -0.15) is 13.2 Å². The molecule has 1 aliphatic rings. The summed E-state index contributed by atoms with van der Waals surface area (Å²) in [4.78, 5) is 2.38. The molecule has 1 fully saturated rings. The third kappa shape index (κ3) is 6.37. The summed E-state index contributed by atoms with van der Waals surface area (Å²) in [5, 5.41) is 9.43. The highest BCUT2D eigenvalue weighted by atomic mass is 32.2. The summed E-state index contributed by atoms with van der Waals surface area (Å²) in [7, 11) is -1.79. The van der Waals surface area contributed by atoms with Crippen molar-refractivity contribution in [3.05, 3.63) is 53.1 Å². The van der Waals surface area contributed by atoms with Crippen molar-refractivity contribution in [2.75, 3.05) is 24.9 Å². The number of nitrogens with zero attached hydrogens (tertiary/aromatic N) is 1. The van der Waals surface area contributed by atoms with Gasteiger partial charge < -0.3 is 10.0 Å². The summed E-state index contributed by atoms with van der Waals surface area (Å²) in [6.07, 6.45) is -1.89. The van der Waals surface area contributed by atoms with E-state index in [4.69, 9.17) is 0 Å². The number of halogens is 3. The van der Waals surface area contributed by atoms with Crippen LogP contribution in [0.15, 0.2) is 41.3 Å². The molecule has 9 heteroatoms.